The summed E-state index contributed by atoms with van der Waals surface area (Å²) >= 11 is 11.8. The predicted molar refractivity (Wildman–Crippen MR) is 102 cm³/mol. The summed E-state index contributed by atoms with van der Waals surface area (Å²) in [5.74, 6) is -0.157. The highest BCUT2D eigenvalue weighted by atomic mass is 35.5. The van der Waals surface area contributed by atoms with Crippen LogP contribution in [-0.4, -0.2) is 31.2 Å². The van der Waals surface area contributed by atoms with Crippen LogP contribution in [0.5, 0.6) is 5.75 Å². The van der Waals surface area contributed by atoms with Gasteiger partial charge in [-0.2, -0.15) is 5.10 Å². The highest BCUT2D eigenvalue weighted by molar-refractivity contribution is 6.36. The second-order valence-corrected chi connectivity index (χ2v) is 5.94. The molecule has 0 aliphatic carbocycles. The van der Waals surface area contributed by atoms with Crippen molar-refractivity contribution in [2.45, 2.75) is 6.92 Å². The number of hydrogen-bond donors (Lipinski definition) is 2. The van der Waals surface area contributed by atoms with Crippen molar-refractivity contribution in [2.75, 3.05) is 13.2 Å². The zero-order chi connectivity index (χ0) is 18.9. The van der Waals surface area contributed by atoms with Crippen LogP contribution in [-0.2, 0) is 4.79 Å². The van der Waals surface area contributed by atoms with Crippen molar-refractivity contribution in [2.24, 2.45) is 5.10 Å². The first-order valence-electron chi connectivity index (χ1n) is 7.77. The van der Waals surface area contributed by atoms with Crippen LogP contribution < -0.4 is 15.5 Å². The Morgan fingerprint density at radius 1 is 1.15 bits per heavy atom. The summed E-state index contributed by atoms with van der Waals surface area (Å²) in [6.45, 7) is 2.22. The Balaban J connectivity index is 1.80. The average molecular weight is 394 g/mol. The van der Waals surface area contributed by atoms with Gasteiger partial charge < -0.3 is 10.1 Å². The van der Waals surface area contributed by atoms with E-state index in [1.165, 1.54) is 6.21 Å². The number of halogens is 2. The Kier molecular flexibility index (Phi) is 7.44. The number of nitrogens with zero attached hydrogens (tertiary/aromatic N) is 1. The van der Waals surface area contributed by atoms with Crippen molar-refractivity contribution >= 4 is 41.2 Å². The summed E-state index contributed by atoms with van der Waals surface area (Å²) in [7, 11) is 0. The molecule has 0 atom stereocenters. The van der Waals surface area contributed by atoms with E-state index in [1.807, 2.05) is 6.92 Å². The number of rotatable bonds is 7. The number of nitrogens with one attached hydrogen (secondary N) is 2. The fraction of sp³-hybridized carbons (Fsp3) is 0.167. The van der Waals surface area contributed by atoms with Crippen LogP contribution in [0.3, 0.4) is 0 Å². The highest BCUT2D eigenvalue weighted by Gasteiger charge is 2.08. The average Bonchev–Trinajstić information content (AvgIpc) is 2.62. The lowest BCUT2D eigenvalue weighted by molar-refractivity contribution is -0.120. The maximum atomic E-state index is 12.0. The number of carbonyl (C=O) groups excluding carboxylic acids is 2. The first kappa shape index (κ1) is 19.8. The van der Waals surface area contributed by atoms with Gasteiger partial charge in [0.25, 0.3) is 11.8 Å². The molecule has 26 heavy (non-hydrogen) atoms. The Morgan fingerprint density at radius 2 is 1.88 bits per heavy atom. The van der Waals surface area contributed by atoms with E-state index in [2.05, 4.69) is 15.8 Å². The third-order valence-electron chi connectivity index (χ3n) is 3.19. The zero-order valence-corrected chi connectivity index (χ0v) is 15.5. The number of hydrogen-bond acceptors (Lipinski definition) is 4. The Labute approximate surface area is 161 Å². The van der Waals surface area contributed by atoms with E-state index in [4.69, 9.17) is 27.9 Å². The summed E-state index contributed by atoms with van der Waals surface area (Å²) in [5.41, 5.74) is 3.34. The van der Waals surface area contributed by atoms with Crippen molar-refractivity contribution in [3.05, 3.63) is 63.6 Å². The van der Waals surface area contributed by atoms with Crippen molar-refractivity contribution in [1.29, 1.82) is 0 Å². The summed E-state index contributed by atoms with van der Waals surface area (Å²) in [6.07, 6.45) is 1.39. The van der Waals surface area contributed by atoms with Gasteiger partial charge in [-0.05, 0) is 43.3 Å². The van der Waals surface area contributed by atoms with E-state index in [-0.39, 0.29) is 12.5 Å². The normalized spacial score (nSPS) is 10.6. The zero-order valence-electron chi connectivity index (χ0n) is 14.0. The second kappa shape index (κ2) is 9.79. The molecule has 0 aliphatic heterocycles. The number of amides is 2. The molecule has 0 radical (unpaired) electrons. The first-order valence-corrected chi connectivity index (χ1v) is 8.53. The Morgan fingerprint density at radius 3 is 2.54 bits per heavy atom. The van der Waals surface area contributed by atoms with Crippen molar-refractivity contribution in [3.63, 3.8) is 0 Å². The Bertz CT molecular complexity index is 808. The van der Waals surface area contributed by atoms with E-state index < -0.39 is 5.91 Å². The number of carbonyl (C=O) groups is 2. The number of benzene rings is 2. The minimum absolute atomic E-state index is 0.211. The fourth-order valence-electron chi connectivity index (χ4n) is 1.95. The van der Waals surface area contributed by atoms with Gasteiger partial charge in [0.05, 0.1) is 24.4 Å². The molecule has 2 aromatic carbocycles. The van der Waals surface area contributed by atoms with Crippen molar-refractivity contribution in [1.82, 2.24) is 10.7 Å². The van der Waals surface area contributed by atoms with Crippen LogP contribution in [0.4, 0.5) is 0 Å². The molecule has 0 saturated heterocycles. The molecule has 0 aromatic heterocycles. The lowest BCUT2D eigenvalue weighted by Crippen LogP contribution is -2.34. The van der Waals surface area contributed by atoms with Gasteiger partial charge >= 0.3 is 0 Å². The van der Waals surface area contributed by atoms with Crippen LogP contribution in [0.2, 0.25) is 10.0 Å². The van der Waals surface area contributed by atoms with E-state index in [0.29, 0.717) is 33.5 Å². The summed E-state index contributed by atoms with van der Waals surface area (Å²) in [6, 6.07) is 11.5. The topological polar surface area (TPSA) is 79.8 Å². The van der Waals surface area contributed by atoms with Gasteiger partial charge in [0.1, 0.15) is 5.75 Å². The van der Waals surface area contributed by atoms with E-state index in [1.54, 1.807) is 42.5 Å². The maximum absolute atomic E-state index is 12.0. The summed E-state index contributed by atoms with van der Waals surface area (Å²) in [5, 5.41) is 7.23. The molecule has 2 amide bonds. The van der Waals surface area contributed by atoms with Gasteiger partial charge in [0.2, 0.25) is 0 Å². The van der Waals surface area contributed by atoms with Crippen molar-refractivity contribution in [3.8, 4) is 5.75 Å². The molecule has 136 valence electrons. The summed E-state index contributed by atoms with van der Waals surface area (Å²) in [4.78, 5) is 23.7. The molecule has 2 aromatic rings. The van der Waals surface area contributed by atoms with Gasteiger partial charge in [-0.25, -0.2) is 5.43 Å². The SMILES string of the molecule is CCOc1ccc(C(=O)NCC(=O)NN=Cc2ccc(Cl)cc2Cl)cc1. The molecule has 2 N–H and O–H groups in total. The van der Waals surface area contributed by atoms with Crippen LogP contribution in [0, 0.1) is 0 Å². The van der Waals surface area contributed by atoms with Gasteiger partial charge in [-0.3, -0.25) is 9.59 Å². The molecule has 0 saturated carbocycles. The molecule has 6 nitrogen and oxygen atoms in total. The lowest BCUT2D eigenvalue weighted by atomic mass is 10.2. The fourth-order valence-corrected chi connectivity index (χ4v) is 2.41. The minimum atomic E-state index is -0.467. The van der Waals surface area contributed by atoms with Crippen LogP contribution in [0.25, 0.3) is 0 Å². The molecular formula is C18H17Cl2N3O3. The molecule has 0 aliphatic rings. The molecule has 8 heteroatoms. The largest absolute Gasteiger partial charge is 0.494 e. The second-order valence-electron chi connectivity index (χ2n) is 5.10. The highest BCUT2D eigenvalue weighted by Crippen LogP contribution is 2.19. The monoisotopic (exact) mass is 393 g/mol. The molecule has 0 bridgehead atoms. The maximum Gasteiger partial charge on any atom is 0.259 e. The quantitative estimate of drug-likeness (QED) is 0.559. The lowest BCUT2D eigenvalue weighted by Gasteiger charge is -2.06. The Hall–Kier alpha value is -2.57. The van der Waals surface area contributed by atoms with Gasteiger partial charge in [0.15, 0.2) is 0 Å². The first-order chi connectivity index (χ1) is 12.5. The molecular weight excluding hydrogens is 377 g/mol. The molecule has 0 spiro atoms. The van der Waals surface area contributed by atoms with Crippen LogP contribution in [0.1, 0.15) is 22.8 Å². The van der Waals surface area contributed by atoms with E-state index >= 15 is 0 Å². The number of hydrazone groups is 1. The van der Waals surface area contributed by atoms with Gasteiger partial charge in [-0.15, -0.1) is 0 Å². The standard InChI is InChI=1S/C18H17Cl2N3O3/c1-2-26-15-7-4-12(5-8-15)18(25)21-11-17(24)23-22-10-13-3-6-14(19)9-16(13)20/h3-10H,2,11H2,1H3,(H,21,25)(H,23,24). The van der Waals surface area contributed by atoms with Gasteiger partial charge in [0, 0.05) is 16.1 Å². The summed E-state index contributed by atoms with van der Waals surface area (Å²) < 4.78 is 5.31. The predicted octanol–water partition coefficient (Wildman–Crippen LogP) is 3.27. The third kappa shape index (κ3) is 6.06. The third-order valence-corrected chi connectivity index (χ3v) is 3.75. The van der Waals surface area contributed by atoms with Crippen molar-refractivity contribution < 1.29 is 14.3 Å². The number of ether oxygens (including phenoxy) is 1. The smallest absolute Gasteiger partial charge is 0.259 e. The molecule has 0 fully saturated rings. The molecule has 0 heterocycles. The van der Waals surface area contributed by atoms with E-state index in [0.717, 1.165) is 0 Å². The minimum Gasteiger partial charge on any atom is -0.494 e. The van der Waals surface area contributed by atoms with Gasteiger partial charge in [-0.1, -0.05) is 29.3 Å². The molecule has 2 rings (SSSR count). The van der Waals surface area contributed by atoms with Crippen LogP contribution in [0.15, 0.2) is 47.6 Å². The molecule has 0 unspecified atom stereocenters. The van der Waals surface area contributed by atoms with Crippen LogP contribution >= 0.6 is 23.2 Å². The van der Waals surface area contributed by atoms with E-state index in [9.17, 15) is 9.59 Å².